The molecule has 6 heteroatoms. The number of rotatable bonds is 4. The first-order valence-corrected chi connectivity index (χ1v) is 6.87. The third kappa shape index (κ3) is 3.07. The van der Waals surface area contributed by atoms with Crippen LogP contribution in [0.2, 0.25) is 0 Å². The highest BCUT2D eigenvalue weighted by molar-refractivity contribution is 9.10. The van der Waals surface area contributed by atoms with E-state index in [2.05, 4.69) is 21.2 Å². The maximum atomic E-state index is 11.1. The van der Waals surface area contributed by atoms with Gasteiger partial charge in [0.1, 0.15) is 0 Å². The summed E-state index contributed by atoms with van der Waals surface area (Å²) >= 11 is 3.36. The molecule has 102 valence electrons. The number of halogens is 1. The van der Waals surface area contributed by atoms with Gasteiger partial charge in [-0.2, -0.15) is 0 Å². The second-order valence-corrected chi connectivity index (χ2v) is 5.54. The Bertz CT molecular complexity index is 519. The van der Waals surface area contributed by atoms with Crippen LogP contribution in [-0.4, -0.2) is 23.0 Å². The van der Waals surface area contributed by atoms with Gasteiger partial charge in [0.25, 0.3) is 0 Å². The number of amides is 1. The van der Waals surface area contributed by atoms with Crippen molar-refractivity contribution in [1.82, 2.24) is 0 Å². The van der Waals surface area contributed by atoms with Gasteiger partial charge >= 0.3 is 5.97 Å². The minimum atomic E-state index is -0.764. The first-order chi connectivity index (χ1) is 8.99. The highest BCUT2D eigenvalue weighted by Crippen LogP contribution is 2.31. The zero-order valence-electron chi connectivity index (χ0n) is 10.2. The summed E-state index contributed by atoms with van der Waals surface area (Å²) in [6.45, 7) is 0. The lowest BCUT2D eigenvalue weighted by atomic mass is 10.0. The zero-order valence-corrected chi connectivity index (χ0v) is 11.8. The zero-order chi connectivity index (χ0) is 14.0. The van der Waals surface area contributed by atoms with E-state index in [4.69, 9.17) is 10.8 Å². The number of carboxylic acids is 1. The van der Waals surface area contributed by atoms with Crippen LogP contribution in [0.5, 0.6) is 0 Å². The van der Waals surface area contributed by atoms with E-state index in [9.17, 15) is 9.59 Å². The van der Waals surface area contributed by atoms with Crippen LogP contribution in [0.1, 0.15) is 29.6 Å². The fraction of sp³-hybridized carbons (Fsp3) is 0.385. The first kappa shape index (κ1) is 13.9. The Balaban J connectivity index is 2.15. The fourth-order valence-electron chi connectivity index (χ4n) is 2.41. The van der Waals surface area contributed by atoms with Crippen molar-refractivity contribution < 1.29 is 14.7 Å². The molecule has 0 spiro atoms. The second kappa shape index (κ2) is 5.61. The smallest absolute Gasteiger partial charge is 0.308 e. The summed E-state index contributed by atoms with van der Waals surface area (Å²) in [4.78, 5) is 22.2. The highest BCUT2D eigenvalue weighted by atomic mass is 79.9. The summed E-state index contributed by atoms with van der Waals surface area (Å²) < 4.78 is 0.708. The number of carbonyl (C=O) groups excluding carboxylic acids is 1. The molecule has 0 saturated heterocycles. The maximum absolute atomic E-state index is 11.1. The average molecular weight is 327 g/mol. The Morgan fingerprint density at radius 3 is 2.68 bits per heavy atom. The van der Waals surface area contributed by atoms with E-state index in [0.717, 1.165) is 18.5 Å². The molecule has 1 amide bonds. The van der Waals surface area contributed by atoms with E-state index >= 15 is 0 Å². The van der Waals surface area contributed by atoms with Crippen LogP contribution in [0, 0.1) is 5.92 Å². The van der Waals surface area contributed by atoms with E-state index in [1.165, 1.54) is 0 Å². The SMILES string of the molecule is NC(=O)c1ccc(NC2CCCC2C(=O)O)c(Br)c1. The van der Waals surface area contributed by atoms with Gasteiger partial charge in [0.15, 0.2) is 0 Å². The van der Waals surface area contributed by atoms with Crippen LogP contribution >= 0.6 is 15.9 Å². The molecule has 0 heterocycles. The van der Waals surface area contributed by atoms with E-state index < -0.39 is 11.9 Å². The van der Waals surface area contributed by atoms with Crippen LogP contribution in [0.3, 0.4) is 0 Å². The molecule has 0 radical (unpaired) electrons. The van der Waals surface area contributed by atoms with Gasteiger partial charge in [0.05, 0.1) is 5.92 Å². The number of hydrogen-bond donors (Lipinski definition) is 3. The number of nitrogens with one attached hydrogen (secondary N) is 1. The molecule has 0 bridgehead atoms. The molecule has 1 fully saturated rings. The van der Waals surface area contributed by atoms with Crippen LogP contribution in [0.15, 0.2) is 22.7 Å². The Morgan fingerprint density at radius 1 is 1.37 bits per heavy atom. The lowest BCUT2D eigenvalue weighted by Gasteiger charge is -2.20. The number of anilines is 1. The Hall–Kier alpha value is -1.56. The molecule has 4 N–H and O–H groups in total. The second-order valence-electron chi connectivity index (χ2n) is 4.69. The minimum Gasteiger partial charge on any atom is -0.481 e. The Labute approximate surface area is 119 Å². The lowest BCUT2D eigenvalue weighted by molar-refractivity contribution is -0.141. The average Bonchev–Trinajstić information content (AvgIpc) is 2.79. The summed E-state index contributed by atoms with van der Waals surface area (Å²) in [5, 5.41) is 12.4. The van der Waals surface area contributed by atoms with Gasteiger partial charge in [0.2, 0.25) is 5.91 Å². The summed E-state index contributed by atoms with van der Waals surface area (Å²) in [6, 6.07) is 4.92. The molecule has 0 aliphatic heterocycles. The van der Waals surface area contributed by atoms with Crippen LogP contribution < -0.4 is 11.1 Å². The summed E-state index contributed by atoms with van der Waals surface area (Å²) in [6.07, 6.45) is 2.44. The molecule has 1 aliphatic rings. The predicted octanol–water partition coefficient (Wildman–Crippen LogP) is 2.21. The van der Waals surface area contributed by atoms with E-state index in [1.54, 1.807) is 18.2 Å². The molecule has 1 aromatic rings. The van der Waals surface area contributed by atoms with Gasteiger partial charge in [-0.3, -0.25) is 9.59 Å². The minimum absolute atomic E-state index is 0.0757. The van der Waals surface area contributed by atoms with Crippen LogP contribution in [0.25, 0.3) is 0 Å². The largest absolute Gasteiger partial charge is 0.481 e. The molecule has 2 atom stereocenters. The van der Waals surface area contributed by atoms with Crippen molar-refractivity contribution in [2.75, 3.05) is 5.32 Å². The van der Waals surface area contributed by atoms with Gasteiger partial charge in [0, 0.05) is 21.8 Å². The first-order valence-electron chi connectivity index (χ1n) is 6.07. The van der Waals surface area contributed by atoms with Crippen molar-refractivity contribution in [3.05, 3.63) is 28.2 Å². The Kier molecular flexibility index (Phi) is 4.09. The monoisotopic (exact) mass is 326 g/mol. The lowest BCUT2D eigenvalue weighted by Crippen LogP contribution is -2.29. The van der Waals surface area contributed by atoms with Crippen molar-refractivity contribution >= 4 is 33.5 Å². The molecule has 1 saturated carbocycles. The molecule has 1 aliphatic carbocycles. The summed E-state index contributed by atoms with van der Waals surface area (Å²) in [5.41, 5.74) is 6.40. The third-order valence-electron chi connectivity index (χ3n) is 3.43. The quantitative estimate of drug-likeness (QED) is 0.790. The summed E-state index contributed by atoms with van der Waals surface area (Å²) in [7, 11) is 0. The predicted molar refractivity (Wildman–Crippen MR) is 75.0 cm³/mol. The fourth-order valence-corrected chi connectivity index (χ4v) is 2.91. The maximum Gasteiger partial charge on any atom is 0.308 e. The number of primary amides is 1. The van der Waals surface area contributed by atoms with Crippen molar-refractivity contribution in [2.24, 2.45) is 11.7 Å². The number of hydrogen-bond acceptors (Lipinski definition) is 3. The molecule has 1 aromatic carbocycles. The number of carboxylic acid groups (broad SMARTS) is 1. The van der Waals surface area contributed by atoms with Gasteiger partial charge in [-0.1, -0.05) is 6.42 Å². The van der Waals surface area contributed by atoms with E-state index in [1.807, 2.05) is 0 Å². The van der Waals surface area contributed by atoms with Crippen molar-refractivity contribution in [2.45, 2.75) is 25.3 Å². The number of benzene rings is 1. The molecular weight excluding hydrogens is 312 g/mol. The number of aliphatic carboxylic acids is 1. The van der Waals surface area contributed by atoms with Gasteiger partial charge in [-0.15, -0.1) is 0 Å². The van der Waals surface area contributed by atoms with Crippen molar-refractivity contribution in [3.8, 4) is 0 Å². The van der Waals surface area contributed by atoms with E-state index in [0.29, 0.717) is 16.5 Å². The number of nitrogens with two attached hydrogens (primary N) is 1. The molecule has 2 rings (SSSR count). The normalized spacial score (nSPS) is 22.2. The molecule has 19 heavy (non-hydrogen) atoms. The topological polar surface area (TPSA) is 92.4 Å². The molecular formula is C13H15BrN2O3. The Morgan fingerprint density at radius 2 is 2.11 bits per heavy atom. The third-order valence-corrected chi connectivity index (χ3v) is 4.08. The van der Waals surface area contributed by atoms with Gasteiger partial charge in [-0.05, 0) is 47.0 Å². The van der Waals surface area contributed by atoms with Crippen molar-refractivity contribution in [1.29, 1.82) is 0 Å². The number of carbonyl (C=O) groups is 2. The highest BCUT2D eigenvalue weighted by Gasteiger charge is 2.33. The summed E-state index contributed by atoms with van der Waals surface area (Å²) in [5.74, 6) is -1.61. The standard InChI is InChI=1S/C13H15BrN2O3/c14-9-6-7(12(15)17)4-5-11(9)16-10-3-1-2-8(10)13(18)19/h4-6,8,10,16H,1-3H2,(H2,15,17)(H,18,19). The van der Waals surface area contributed by atoms with Gasteiger partial charge < -0.3 is 16.2 Å². The van der Waals surface area contributed by atoms with Crippen molar-refractivity contribution in [3.63, 3.8) is 0 Å². The van der Waals surface area contributed by atoms with Crippen LogP contribution in [-0.2, 0) is 4.79 Å². The van der Waals surface area contributed by atoms with Gasteiger partial charge in [-0.25, -0.2) is 0 Å². The van der Waals surface area contributed by atoms with E-state index in [-0.39, 0.29) is 12.0 Å². The molecule has 0 aromatic heterocycles. The molecule has 2 unspecified atom stereocenters. The molecule has 5 nitrogen and oxygen atoms in total. The van der Waals surface area contributed by atoms with Crippen LogP contribution in [0.4, 0.5) is 5.69 Å².